The second-order valence-corrected chi connectivity index (χ2v) is 3.72. The number of rotatable bonds is 5. The molecule has 4 nitrogen and oxygen atoms in total. The highest BCUT2D eigenvalue weighted by Crippen LogP contribution is 2.01. The third kappa shape index (κ3) is 5.37. The number of benzene rings is 1. The molecule has 1 aromatic rings. The SMILES string of the molecule is CC#CCC(CO)NC(=O)OCc1ccccc1. The molecule has 0 aliphatic carbocycles. The van der Waals surface area contributed by atoms with Crippen molar-refractivity contribution < 1.29 is 14.6 Å². The number of aliphatic hydroxyl groups excluding tert-OH is 1. The maximum absolute atomic E-state index is 11.5. The first-order valence-corrected chi connectivity index (χ1v) is 5.74. The Hall–Kier alpha value is -1.99. The molecule has 1 aromatic carbocycles. The Balaban J connectivity index is 2.33. The van der Waals surface area contributed by atoms with E-state index in [4.69, 9.17) is 9.84 Å². The molecule has 1 amide bonds. The number of carbonyl (C=O) groups is 1. The number of amides is 1. The van der Waals surface area contributed by atoms with Gasteiger partial charge in [-0.3, -0.25) is 0 Å². The first kappa shape index (κ1) is 14.1. The molecular weight excluding hydrogens is 230 g/mol. The van der Waals surface area contributed by atoms with Gasteiger partial charge in [-0.15, -0.1) is 11.8 Å². The zero-order chi connectivity index (χ0) is 13.2. The van der Waals surface area contributed by atoms with E-state index in [9.17, 15) is 4.79 Å². The van der Waals surface area contributed by atoms with E-state index in [1.807, 2.05) is 30.3 Å². The zero-order valence-corrected chi connectivity index (χ0v) is 10.3. The van der Waals surface area contributed by atoms with Crippen LogP contribution in [-0.4, -0.2) is 23.8 Å². The Morgan fingerprint density at radius 2 is 2.17 bits per heavy atom. The number of carbonyl (C=O) groups excluding carboxylic acids is 1. The molecule has 0 aliphatic rings. The lowest BCUT2D eigenvalue weighted by Crippen LogP contribution is -2.37. The van der Waals surface area contributed by atoms with Gasteiger partial charge in [0.15, 0.2) is 0 Å². The Labute approximate surface area is 107 Å². The summed E-state index contributed by atoms with van der Waals surface area (Å²) in [6, 6.07) is 9.02. The fraction of sp³-hybridized carbons (Fsp3) is 0.357. The Kier molecular flexibility index (Phi) is 6.37. The predicted octanol–water partition coefficient (Wildman–Crippen LogP) is 1.69. The van der Waals surface area contributed by atoms with Gasteiger partial charge < -0.3 is 15.2 Å². The molecule has 0 spiro atoms. The number of aliphatic hydroxyl groups is 1. The average molecular weight is 247 g/mol. The van der Waals surface area contributed by atoms with Crippen LogP contribution in [0.1, 0.15) is 18.9 Å². The van der Waals surface area contributed by atoms with Crippen LogP contribution in [0.25, 0.3) is 0 Å². The topological polar surface area (TPSA) is 58.6 Å². The number of alkyl carbamates (subject to hydrolysis) is 1. The van der Waals surface area contributed by atoms with Crippen LogP contribution in [0.3, 0.4) is 0 Å². The molecule has 0 aromatic heterocycles. The van der Waals surface area contributed by atoms with Crippen molar-refractivity contribution in [3.8, 4) is 11.8 Å². The maximum atomic E-state index is 11.5. The largest absolute Gasteiger partial charge is 0.445 e. The number of ether oxygens (including phenoxy) is 1. The third-order valence-electron chi connectivity index (χ3n) is 2.28. The molecule has 0 heterocycles. The van der Waals surface area contributed by atoms with Crippen LogP contribution >= 0.6 is 0 Å². The lowest BCUT2D eigenvalue weighted by atomic mass is 10.2. The van der Waals surface area contributed by atoms with Gasteiger partial charge in [-0.2, -0.15) is 0 Å². The van der Waals surface area contributed by atoms with Gasteiger partial charge in [-0.25, -0.2) is 4.79 Å². The zero-order valence-electron chi connectivity index (χ0n) is 10.3. The van der Waals surface area contributed by atoms with Gasteiger partial charge in [0.2, 0.25) is 0 Å². The number of hydrogen-bond donors (Lipinski definition) is 2. The van der Waals surface area contributed by atoms with Crippen LogP contribution in [0.5, 0.6) is 0 Å². The lowest BCUT2D eigenvalue weighted by Gasteiger charge is -2.13. The molecule has 0 radical (unpaired) electrons. The van der Waals surface area contributed by atoms with Crippen LogP contribution < -0.4 is 5.32 Å². The Bertz CT molecular complexity index is 420. The summed E-state index contributed by atoms with van der Waals surface area (Å²) in [6.07, 6.45) is -0.135. The standard InChI is InChI=1S/C14H17NO3/c1-2-3-9-13(10-16)15-14(17)18-11-12-7-5-4-6-8-12/h4-8,13,16H,9-11H2,1H3,(H,15,17). The van der Waals surface area contributed by atoms with Crippen LogP contribution in [0.4, 0.5) is 4.79 Å². The molecular formula is C14H17NO3. The highest BCUT2D eigenvalue weighted by atomic mass is 16.5. The van der Waals surface area contributed by atoms with Crippen molar-refractivity contribution in [2.75, 3.05) is 6.61 Å². The normalized spacial score (nSPS) is 11.0. The van der Waals surface area contributed by atoms with Gasteiger partial charge >= 0.3 is 6.09 Å². The van der Waals surface area contributed by atoms with E-state index >= 15 is 0 Å². The van der Waals surface area contributed by atoms with E-state index in [0.29, 0.717) is 6.42 Å². The maximum Gasteiger partial charge on any atom is 0.407 e. The van der Waals surface area contributed by atoms with E-state index in [2.05, 4.69) is 17.2 Å². The second-order valence-electron chi connectivity index (χ2n) is 3.72. The van der Waals surface area contributed by atoms with Gasteiger partial charge in [0.1, 0.15) is 6.61 Å². The van der Waals surface area contributed by atoms with Gasteiger partial charge in [0, 0.05) is 6.42 Å². The molecule has 0 bridgehead atoms. The van der Waals surface area contributed by atoms with Crippen LogP contribution in [-0.2, 0) is 11.3 Å². The van der Waals surface area contributed by atoms with Gasteiger partial charge in [-0.05, 0) is 12.5 Å². The van der Waals surface area contributed by atoms with Gasteiger partial charge in [-0.1, -0.05) is 30.3 Å². The minimum absolute atomic E-state index is 0.158. The van der Waals surface area contributed by atoms with E-state index in [1.54, 1.807) is 6.92 Å². The Morgan fingerprint density at radius 3 is 2.78 bits per heavy atom. The molecule has 18 heavy (non-hydrogen) atoms. The van der Waals surface area contributed by atoms with Crippen molar-refractivity contribution in [2.45, 2.75) is 26.0 Å². The first-order chi connectivity index (χ1) is 8.76. The summed E-state index contributed by atoms with van der Waals surface area (Å²) in [6.45, 7) is 1.77. The average Bonchev–Trinajstić information content (AvgIpc) is 2.42. The smallest absolute Gasteiger partial charge is 0.407 e. The van der Waals surface area contributed by atoms with Crippen molar-refractivity contribution in [2.24, 2.45) is 0 Å². The summed E-state index contributed by atoms with van der Waals surface area (Å²) in [7, 11) is 0. The molecule has 1 rings (SSSR count). The van der Waals surface area contributed by atoms with Crippen LogP contribution in [0.2, 0.25) is 0 Å². The van der Waals surface area contributed by atoms with E-state index < -0.39 is 6.09 Å². The van der Waals surface area contributed by atoms with Crippen molar-refractivity contribution in [1.29, 1.82) is 0 Å². The van der Waals surface area contributed by atoms with E-state index in [0.717, 1.165) is 5.56 Å². The summed E-state index contributed by atoms with van der Waals surface area (Å²) in [5.74, 6) is 5.51. The molecule has 1 unspecified atom stereocenters. The minimum Gasteiger partial charge on any atom is -0.445 e. The number of nitrogens with one attached hydrogen (secondary N) is 1. The molecule has 0 aliphatic heterocycles. The van der Waals surface area contributed by atoms with Crippen LogP contribution in [0, 0.1) is 11.8 Å². The molecule has 0 fully saturated rings. The number of hydrogen-bond acceptors (Lipinski definition) is 3. The second kappa shape index (κ2) is 8.15. The quantitative estimate of drug-likeness (QED) is 0.778. The summed E-state index contributed by atoms with van der Waals surface area (Å²) >= 11 is 0. The fourth-order valence-electron chi connectivity index (χ4n) is 1.32. The van der Waals surface area contributed by atoms with Crippen molar-refractivity contribution in [1.82, 2.24) is 5.32 Å². The van der Waals surface area contributed by atoms with Gasteiger partial charge in [0.05, 0.1) is 12.6 Å². The molecule has 4 heteroatoms. The summed E-state index contributed by atoms with van der Waals surface area (Å²) in [5.41, 5.74) is 0.918. The first-order valence-electron chi connectivity index (χ1n) is 5.74. The fourth-order valence-corrected chi connectivity index (χ4v) is 1.32. The third-order valence-corrected chi connectivity index (χ3v) is 2.28. The highest BCUT2D eigenvalue weighted by molar-refractivity contribution is 5.67. The summed E-state index contributed by atoms with van der Waals surface area (Å²) in [5, 5.41) is 11.6. The monoisotopic (exact) mass is 247 g/mol. The van der Waals surface area contributed by atoms with E-state index in [1.165, 1.54) is 0 Å². The molecule has 1 atom stereocenters. The minimum atomic E-state index is -0.546. The van der Waals surface area contributed by atoms with Crippen LogP contribution in [0.15, 0.2) is 30.3 Å². The lowest BCUT2D eigenvalue weighted by molar-refractivity contribution is 0.129. The van der Waals surface area contributed by atoms with Crippen molar-refractivity contribution in [3.05, 3.63) is 35.9 Å². The molecule has 0 saturated heterocycles. The van der Waals surface area contributed by atoms with Gasteiger partial charge in [0.25, 0.3) is 0 Å². The predicted molar refractivity (Wildman–Crippen MR) is 68.7 cm³/mol. The summed E-state index contributed by atoms with van der Waals surface area (Å²) in [4.78, 5) is 11.5. The molecule has 96 valence electrons. The van der Waals surface area contributed by atoms with Crippen molar-refractivity contribution >= 4 is 6.09 Å². The van der Waals surface area contributed by atoms with Crippen molar-refractivity contribution in [3.63, 3.8) is 0 Å². The summed E-state index contributed by atoms with van der Waals surface area (Å²) < 4.78 is 5.03. The Morgan fingerprint density at radius 1 is 1.44 bits per heavy atom. The molecule has 2 N–H and O–H groups in total. The van der Waals surface area contributed by atoms with E-state index in [-0.39, 0.29) is 19.3 Å². The highest BCUT2D eigenvalue weighted by Gasteiger charge is 2.10. The molecule has 0 saturated carbocycles.